The molecule has 0 fully saturated rings. The summed E-state index contributed by atoms with van der Waals surface area (Å²) >= 11 is 0. The second-order valence-electron chi connectivity index (χ2n) is 3.05. The molecule has 0 aliphatic carbocycles. The van der Waals surface area contributed by atoms with Gasteiger partial charge in [-0.2, -0.15) is 0 Å². The van der Waals surface area contributed by atoms with Gasteiger partial charge in [0.2, 0.25) is 0 Å². The van der Waals surface area contributed by atoms with Gasteiger partial charge in [0.25, 0.3) is 0 Å². The van der Waals surface area contributed by atoms with E-state index < -0.39 is 0 Å². The van der Waals surface area contributed by atoms with E-state index in [1.54, 1.807) is 6.92 Å². The Morgan fingerprint density at radius 1 is 1.00 bits per heavy atom. The molecule has 0 amide bonds. The predicted octanol–water partition coefficient (Wildman–Crippen LogP) is 1.27. The van der Waals surface area contributed by atoms with Gasteiger partial charge in [0.05, 0.1) is 13.0 Å². The Morgan fingerprint density at radius 2 is 1.57 bits per heavy atom. The van der Waals surface area contributed by atoms with Crippen LogP contribution in [-0.4, -0.2) is 24.1 Å². The fourth-order valence-corrected chi connectivity index (χ4v) is 0.915. The van der Waals surface area contributed by atoms with Crippen LogP contribution in [0.4, 0.5) is 0 Å². The first-order valence-corrected chi connectivity index (χ1v) is 4.73. The third-order valence-electron chi connectivity index (χ3n) is 1.67. The summed E-state index contributed by atoms with van der Waals surface area (Å²) in [6.45, 7) is 3.49. The summed E-state index contributed by atoms with van der Waals surface area (Å²) in [4.78, 5) is 32.5. The predicted molar refractivity (Wildman–Crippen MR) is 50.8 cm³/mol. The van der Waals surface area contributed by atoms with E-state index in [-0.39, 0.29) is 43.2 Å². The Hall–Kier alpha value is -1.19. The molecule has 0 heterocycles. The molecule has 4 nitrogen and oxygen atoms in total. The molecule has 0 aliphatic heterocycles. The van der Waals surface area contributed by atoms with Gasteiger partial charge in [0.15, 0.2) is 0 Å². The Bertz CT molecular complexity index is 220. The van der Waals surface area contributed by atoms with Gasteiger partial charge in [-0.3, -0.25) is 9.59 Å². The topological polar surface area (TPSA) is 60.4 Å². The van der Waals surface area contributed by atoms with Gasteiger partial charge in [-0.15, -0.1) is 0 Å². The minimum absolute atomic E-state index is 0.00511. The number of hydrogen-bond acceptors (Lipinski definition) is 4. The van der Waals surface area contributed by atoms with Crippen molar-refractivity contribution in [3.63, 3.8) is 0 Å². The zero-order valence-electron chi connectivity index (χ0n) is 8.67. The van der Waals surface area contributed by atoms with Crippen LogP contribution in [0.5, 0.6) is 0 Å². The van der Waals surface area contributed by atoms with Crippen molar-refractivity contribution in [2.24, 2.45) is 0 Å². The van der Waals surface area contributed by atoms with Crippen LogP contribution in [0, 0.1) is 0 Å². The maximum atomic E-state index is 11.1. The summed E-state index contributed by atoms with van der Waals surface area (Å²) in [5.74, 6) is -0.425. The van der Waals surface area contributed by atoms with E-state index in [1.807, 2.05) is 0 Å². The summed E-state index contributed by atoms with van der Waals surface area (Å²) in [5.41, 5.74) is 0. The Balaban J connectivity index is 3.53. The highest BCUT2D eigenvalue weighted by Gasteiger charge is 2.08. The number of Topliss-reactive ketones (excluding diaryl/α,β-unsaturated/α-hetero) is 2. The highest BCUT2D eigenvalue weighted by atomic mass is 16.5. The number of hydrogen-bond donors (Lipinski definition) is 0. The van der Waals surface area contributed by atoms with Crippen molar-refractivity contribution in [1.29, 1.82) is 0 Å². The highest BCUT2D eigenvalue weighted by Crippen LogP contribution is 2.00. The molecule has 0 unspecified atom stereocenters. The van der Waals surface area contributed by atoms with Crippen molar-refractivity contribution >= 4 is 17.5 Å². The number of ketones is 2. The van der Waals surface area contributed by atoms with Gasteiger partial charge >= 0.3 is 5.97 Å². The monoisotopic (exact) mass is 200 g/mol. The van der Waals surface area contributed by atoms with E-state index in [0.29, 0.717) is 6.61 Å². The SMILES string of the molecule is CCOC(=O)CCC(=O)CCC(C)=O. The van der Waals surface area contributed by atoms with E-state index in [1.165, 1.54) is 6.92 Å². The second-order valence-corrected chi connectivity index (χ2v) is 3.05. The number of rotatable bonds is 7. The van der Waals surface area contributed by atoms with Crippen LogP contribution in [0.15, 0.2) is 0 Å². The van der Waals surface area contributed by atoms with Crippen LogP contribution in [-0.2, 0) is 19.1 Å². The zero-order valence-corrected chi connectivity index (χ0v) is 8.67. The molecule has 4 heteroatoms. The van der Waals surface area contributed by atoms with E-state index >= 15 is 0 Å². The number of carbonyl (C=O) groups excluding carboxylic acids is 3. The van der Waals surface area contributed by atoms with Crippen LogP contribution in [0.2, 0.25) is 0 Å². The molecular weight excluding hydrogens is 184 g/mol. The Morgan fingerprint density at radius 3 is 2.07 bits per heavy atom. The molecule has 0 aromatic rings. The molecule has 0 N–H and O–H groups in total. The normalized spacial score (nSPS) is 9.57. The fourth-order valence-electron chi connectivity index (χ4n) is 0.915. The van der Waals surface area contributed by atoms with Crippen molar-refractivity contribution in [1.82, 2.24) is 0 Å². The minimum Gasteiger partial charge on any atom is -0.466 e. The largest absolute Gasteiger partial charge is 0.466 e. The van der Waals surface area contributed by atoms with Crippen molar-refractivity contribution in [2.45, 2.75) is 39.5 Å². The molecule has 0 spiro atoms. The molecule has 0 radical (unpaired) electrons. The van der Waals surface area contributed by atoms with Gasteiger partial charge in [0, 0.05) is 19.3 Å². The number of esters is 1. The standard InChI is InChI=1S/C10H16O4/c1-3-14-10(13)7-6-9(12)5-4-8(2)11/h3-7H2,1-2H3. The van der Waals surface area contributed by atoms with Crippen molar-refractivity contribution in [3.05, 3.63) is 0 Å². The smallest absolute Gasteiger partial charge is 0.306 e. The molecular formula is C10H16O4. The first-order valence-electron chi connectivity index (χ1n) is 4.73. The van der Waals surface area contributed by atoms with Crippen LogP contribution < -0.4 is 0 Å². The summed E-state index contributed by atoms with van der Waals surface area (Å²) in [5, 5.41) is 0. The average Bonchev–Trinajstić information content (AvgIpc) is 2.12. The van der Waals surface area contributed by atoms with Crippen LogP contribution in [0.1, 0.15) is 39.5 Å². The Labute approximate surface area is 83.6 Å². The molecule has 0 aliphatic rings. The van der Waals surface area contributed by atoms with Gasteiger partial charge < -0.3 is 9.53 Å². The molecule has 0 aromatic heterocycles. The van der Waals surface area contributed by atoms with Crippen LogP contribution in [0.25, 0.3) is 0 Å². The van der Waals surface area contributed by atoms with E-state index in [2.05, 4.69) is 4.74 Å². The molecule has 14 heavy (non-hydrogen) atoms. The highest BCUT2D eigenvalue weighted by molar-refractivity contribution is 5.86. The number of carbonyl (C=O) groups is 3. The summed E-state index contributed by atoms with van der Waals surface area (Å²) in [6.07, 6.45) is 0.785. The Kier molecular flexibility index (Phi) is 6.62. The molecule has 80 valence electrons. The first kappa shape index (κ1) is 12.8. The van der Waals surface area contributed by atoms with Crippen molar-refractivity contribution in [3.8, 4) is 0 Å². The maximum Gasteiger partial charge on any atom is 0.306 e. The van der Waals surface area contributed by atoms with Gasteiger partial charge in [-0.25, -0.2) is 0 Å². The minimum atomic E-state index is -0.358. The quantitative estimate of drug-likeness (QED) is 0.580. The molecule has 0 rings (SSSR count). The van der Waals surface area contributed by atoms with Crippen molar-refractivity contribution < 1.29 is 19.1 Å². The lowest BCUT2D eigenvalue weighted by Gasteiger charge is -2.00. The first-order chi connectivity index (χ1) is 6.56. The molecule has 0 saturated carbocycles. The maximum absolute atomic E-state index is 11.1. The summed E-state index contributed by atoms with van der Waals surface area (Å²) in [6, 6.07) is 0. The van der Waals surface area contributed by atoms with Crippen LogP contribution in [0.3, 0.4) is 0 Å². The summed E-state index contributed by atoms with van der Waals surface area (Å²) < 4.78 is 4.66. The summed E-state index contributed by atoms with van der Waals surface area (Å²) in [7, 11) is 0. The lowest BCUT2D eigenvalue weighted by Crippen LogP contribution is -2.08. The molecule has 0 aromatic carbocycles. The van der Waals surface area contributed by atoms with E-state index in [0.717, 1.165) is 0 Å². The fraction of sp³-hybridized carbons (Fsp3) is 0.700. The lowest BCUT2D eigenvalue weighted by atomic mass is 10.1. The molecule has 0 bridgehead atoms. The van der Waals surface area contributed by atoms with Crippen molar-refractivity contribution in [2.75, 3.05) is 6.61 Å². The number of ether oxygens (including phenoxy) is 1. The molecule has 0 atom stereocenters. The third-order valence-corrected chi connectivity index (χ3v) is 1.67. The second kappa shape index (κ2) is 7.24. The van der Waals surface area contributed by atoms with Gasteiger partial charge in [-0.1, -0.05) is 0 Å². The zero-order chi connectivity index (χ0) is 11.0. The lowest BCUT2D eigenvalue weighted by molar-refractivity contribution is -0.144. The van der Waals surface area contributed by atoms with Gasteiger partial charge in [-0.05, 0) is 13.8 Å². The van der Waals surface area contributed by atoms with E-state index in [9.17, 15) is 14.4 Å². The van der Waals surface area contributed by atoms with E-state index in [4.69, 9.17) is 0 Å². The van der Waals surface area contributed by atoms with Gasteiger partial charge in [0.1, 0.15) is 11.6 Å². The van der Waals surface area contributed by atoms with Crippen LogP contribution >= 0.6 is 0 Å². The molecule has 0 saturated heterocycles. The average molecular weight is 200 g/mol. The third kappa shape index (κ3) is 7.46.